The van der Waals surface area contributed by atoms with Crippen LogP contribution >= 0.6 is 0 Å². The molecule has 1 aliphatic heterocycles. The van der Waals surface area contributed by atoms with E-state index in [1.807, 2.05) is 24.5 Å². The number of likely N-dealkylation sites (tertiary alicyclic amines) is 1. The molecule has 0 spiro atoms. The summed E-state index contributed by atoms with van der Waals surface area (Å²) in [7, 11) is 0. The topological polar surface area (TPSA) is 25.4 Å². The lowest BCUT2D eigenvalue weighted by Crippen LogP contribution is -2.37. The van der Waals surface area contributed by atoms with Gasteiger partial charge in [-0.05, 0) is 49.6 Å². The van der Waals surface area contributed by atoms with Gasteiger partial charge >= 0.3 is 0 Å². The van der Waals surface area contributed by atoms with E-state index < -0.39 is 0 Å². The van der Waals surface area contributed by atoms with E-state index in [-0.39, 0.29) is 0 Å². The monoisotopic (exact) mass is 296 g/mol. The average molecular weight is 296 g/mol. The number of aryl methyl sites for hydroxylation is 1. The Labute approximate surface area is 132 Å². The number of hydrogen-bond donors (Lipinski definition) is 0. The number of piperidine rings is 1. The number of para-hydroxylation sites is 1. The molecule has 1 unspecified atom stereocenters. The molecule has 0 radical (unpaired) electrons. The third kappa shape index (κ3) is 4.08. The molecule has 3 heteroatoms. The lowest BCUT2D eigenvalue weighted by molar-refractivity contribution is 0.124. The van der Waals surface area contributed by atoms with Gasteiger partial charge in [0.2, 0.25) is 0 Å². The highest BCUT2D eigenvalue weighted by Crippen LogP contribution is 2.22. The molecule has 0 bridgehead atoms. The van der Waals surface area contributed by atoms with Gasteiger partial charge in [-0.2, -0.15) is 0 Å². The van der Waals surface area contributed by atoms with Gasteiger partial charge in [0, 0.05) is 31.4 Å². The predicted molar refractivity (Wildman–Crippen MR) is 88.9 cm³/mol. The number of benzene rings is 1. The van der Waals surface area contributed by atoms with Crippen LogP contribution in [0.3, 0.4) is 0 Å². The molecular weight excluding hydrogens is 272 g/mol. The first-order valence-electron chi connectivity index (χ1n) is 8.11. The Bertz CT molecular complexity index is 585. The van der Waals surface area contributed by atoms with Crippen molar-refractivity contribution in [2.45, 2.75) is 26.3 Å². The SMILES string of the molecule is Cc1ccccc1OCC1CCCN(Cc2cccnc2)C1. The summed E-state index contributed by atoms with van der Waals surface area (Å²) in [4.78, 5) is 6.72. The van der Waals surface area contributed by atoms with Gasteiger partial charge in [-0.3, -0.25) is 9.88 Å². The van der Waals surface area contributed by atoms with E-state index in [9.17, 15) is 0 Å². The summed E-state index contributed by atoms with van der Waals surface area (Å²) in [5.74, 6) is 1.64. The maximum Gasteiger partial charge on any atom is 0.122 e. The zero-order valence-corrected chi connectivity index (χ0v) is 13.2. The normalized spacial score (nSPS) is 19.0. The summed E-state index contributed by atoms with van der Waals surface area (Å²) in [6, 6.07) is 12.4. The van der Waals surface area contributed by atoms with Crippen LogP contribution in [0.2, 0.25) is 0 Å². The number of aromatic nitrogens is 1. The fourth-order valence-corrected chi connectivity index (χ4v) is 3.11. The van der Waals surface area contributed by atoms with E-state index in [2.05, 4.69) is 41.1 Å². The third-order valence-electron chi connectivity index (χ3n) is 4.30. The van der Waals surface area contributed by atoms with Crippen molar-refractivity contribution in [1.29, 1.82) is 0 Å². The number of hydrogen-bond acceptors (Lipinski definition) is 3. The molecule has 2 aromatic rings. The summed E-state index contributed by atoms with van der Waals surface area (Å²) in [6.07, 6.45) is 6.31. The standard InChI is InChI=1S/C19H24N2O/c1-16-6-2-3-9-19(16)22-15-18-8-5-11-21(14-18)13-17-7-4-10-20-12-17/h2-4,6-7,9-10,12,18H,5,8,11,13-15H2,1H3. The van der Waals surface area contributed by atoms with Crippen molar-refractivity contribution in [3.05, 3.63) is 59.9 Å². The summed E-state index contributed by atoms with van der Waals surface area (Å²) in [6.45, 7) is 6.20. The molecule has 1 aliphatic rings. The maximum absolute atomic E-state index is 6.04. The van der Waals surface area contributed by atoms with E-state index in [1.54, 1.807) is 0 Å². The number of pyridine rings is 1. The van der Waals surface area contributed by atoms with Crippen LogP contribution in [0.5, 0.6) is 5.75 Å². The Morgan fingerprint density at radius 1 is 1.23 bits per heavy atom. The summed E-state index contributed by atoms with van der Waals surface area (Å²) >= 11 is 0. The molecule has 3 rings (SSSR count). The van der Waals surface area contributed by atoms with Crippen LogP contribution in [-0.4, -0.2) is 29.6 Å². The summed E-state index contributed by atoms with van der Waals surface area (Å²) in [5, 5.41) is 0. The van der Waals surface area contributed by atoms with Crippen LogP contribution in [-0.2, 0) is 6.54 Å². The Morgan fingerprint density at radius 3 is 2.95 bits per heavy atom. The Hall–Kier alpha value is -1.87. The second-order valence-corrected chi connectivity index (χ2v) is 6.18. The first kappa shape index (κ1) is 15.0. The van der Waals surface area contributed by atoms with Gasteiger partial charge in [0.1, 0.15) is 5.75 Å². The Kier molecular flexibility index (Phi) is 5.07. The summed E-state index contributed by atoms with van der Waals surface area (Å²) < 4.78 is 6.04. The molecule has 1 aromatic heterocycles. The smallest absolute Gasteiger partial charge is 0.122 e. The molecule has 3 nitrogen and oxygen atoms in total. The minimum atomic E-state index is 0.616. The van der Waals surface area contributed by atoms with Gasteiger partial charge in [0.15, 0.2) is 0 Å². The third-order valence-corrected chi connectivity index (χ3v) is 4.30. The van der Waals surface area contributed by atoms with Crippen molar-refractivity contribution in [2.75, 3.05) is 19.7 Å². The zero-order valence-electron chi connectivity index (χ0n) is 13.2. The Balaban J connectivity index is 1.51. The van der Waals surface area contributed by atoms with Gasteiger partial charge < -0.3 is 4.74 Å². The van der Waals surface area contributed by atoms with Crippen molar-refractivity contribution in [2.24, 2.45) is 5.92 Å². The number of ether oxygens (including phenoxy) is 1. The first-order valence-corrected chi connectivity index (χ1v) is 8.11. The fraction of sp³-hybridized carbons (Fsp3) is 0.421. The van der Waals surface area contributed by atoms with E-state index >= 15 is 0 Å². The van der Waals surface area contributed by atoms with Gasteiger partial charge in [0.05, 0.1) is 6.61 Å². The van der Waals surface area contributed by atoms with E-state index in [0.717, 1.165) is 25.4 Å². The minimum absolute atomic E-state index is 0.616. The van der Waals surface area contributed by atoms with Crippen molar-refractivity contribution in [1.82, 2.24) is 9.88 Å². The maximum atomic E-state index is 6.04. The second-order valence-electron chi connectivity index (χ2n) is 6.18. The average Bonchev–Trinajstić information content (AvgIpc) is 2.55. The molecule has 1 atom stereocenters. The van der Waals surface area contributed by atoms with Crippen molar-refractivity contribution in [3.63, 3.8) is 0 Å². The quantitative estimate of drug-likeness (QED) is 0.841. The van der Waals surface area contributed by atoms with Gasteiger partial charge in [-0.25, -0.2) is 0 Å². The molecule has 22 heavy (non-hydrogen) atoms. The van der Waals surface area contributed by atoms with Crippen LogP contribution in [0, 0.1) is 12.8 Å². The largest absolute Gasteiger partial charge is 0.493 e. The van der Waals surface area contributed by atoms with E-state index in [0.29, 0.717) is 5.92 Å². The van der Waals surface area contributed by atoms with Gasteiger partial charge in [0.25, 0.3) is 0 Å². The van der Waals surface area contributed by atoms with Crippen molar-refractivity contribution in [3.8, 4) is 5.75 Å². The van der Waals surface area contributed by atoms with Crippen molar-refractivity contribution < 1.29 is 4.74 Å². The molecule has 0 N–H and O–H groups in total. The lowest BCUT2D eigenvalue weighted by atomic mass is 9.98. The highest BCUT2D eigenvalue weighted by molar-refractivity contribution is 5.31. The summed E-state index contributed by atoms with van der Waals surface area (Å²) in [5.41, 5.74) is 2.51. The number of rotatable bonds is 5. The minimum Gasteiger partial charge on any atom is -0.493 e. The van der Waals surface area contributed by atoms with Gasteiger partial charge in [-0.1, -0.05) is 24.3 Å². The predicted octanol–water partition coefficient (Wildman–Crippen LogP) is 3.68. The van der Waals surface area contributed by atoms with Crippen molar-refractivity contribution >= 4 is 0 Å². The highest BCUT2D eigenvalue weighted by Gasteiger charge is 2.20. The van der Waals surface area contributed by atoms with Crippen LogP contribution < -0.4 is 4.74 Å². The lowest BCUT2D eigenvalue weighted by Gasteiger charge is -2.32. The second kappa shape index (κ2) is 7.41. The number of nitrogens with zero attached hydrogens (tertiary/aromatic N) is 2. The molecule has 1 saturated heterocycles. The zero-order chi connectivity index (χ0) is 15.2. The highest BCUT2D eigenvalue weighted by atomic mass is 16.5. The van der Waals surface area contributed by atoms with Crippen LogP contribution in [0.4, 0.5) is 0 Å². The molecule has 1 aromatic carbocycles. The molecule has 0 saturated carbocycles. The molecule has 2 heterocycles. The van der Waals surface area contributed by atoms with Crippen LogP contribution in [0.25, 0.3) is 0 Å². The molecule has 0 amide bonds. The molecule has 0 aliphatic carbocycles. The molecule has 116 valence electrons. The van der Waals surface area contributed by atoms with Crippen LogP contribution in [0.15, 0.2) is 48.8 Å². The first-order chi connectivity index (χ1) is 10.8. The van der Waals surface area contributed by atoms with Crippen LogP contribution in [0.1, 0.15) is 24.0 Å². The van der Waals surface area contributed by atoms with E-state index in [4.69, 9.17) is 4.74 Å². The van der Waals surface area contributed by atoms with Gasteiger partial charge in [-0.15, -0.1) is 0 Å². The molecular formula is C19H24N2O. The fourth-order valence-electron chi connectivity index (χ4n) is 3.11. The molecule has 1 fully saturated rings. The Morgan fingerprint density at radius 2 is 2.14 bits per heavy atom. The van der Waals surface area contributed by atoms with E-state index in [1.165, 1.54) is 30.5 Å².